The number of thiophene rings is 2. The molecule has 6 rings (SSSR count). The zero-order valence-electron chi connectivity index (χ0n) is 29.5. The highest BCUT2D eigenvalue weighted by Gasteiger charge is 2.33. The van der Waals surface area contributed by atoms with Crippen LogP contribution in [0.5, 0.6) is 23.0 Å². The summed E-state index contributed by atoms with van der Waals surface area (Å²) in [6, 6.07) is 39.2. The molecular weight excluding hydrogens is 685 g/mol. The second-order valence-electron chi connectivity index (χ2n) is 11.8. The van der Waals surface area contributed by atoms with Crippen LogP contribution in [0, 0.1) is 23.7 Å². The lowest BCUT2D eigenvalue weighted by atomic mass is 9.82. The highest BCUT2D eigenvalue weighted by molar-refractivity contribution is 7.13. The minimum absolute atomic E-state index is 0.106. The van der Waals surface area contributed by atoms with Crippen LogP contribution in [-0.4, -0.2) is 34.2 Å². The van der Waals surface area contributed by atoms with Gasteiger partial charge in [0.05, 0.1) is 61.2 Å². The van der Waals surface area contributed by atoms with E-state index in [4.69, 9.17) is 18.9 Å². The Bertz CT molecular complexity index is 2120. The summed E-state index contributed by atoms with van der Waals surface area (Å²) in [6.07, 6.45) is 0.938. The fourth-order valence-electron chi connectivity index (χ4n) is 6.08. The molecule has 5 nitrogen and oxygen atoms in total. The monoisotopic (exact) mass is 722 g/mol. The molecule has 2 heterocycles. The molecule has 6 aromatic rings. The van der Waals surface area contributed by atoms with Crippen LogP contribution < -0.4 is 18.9 Å². The number of Topliss-reactive ketones (excluding diaryl/α,β-unsaturated/α-hetero) is 1. The van der Waals surface area contributed by atoms with Crippen LogP contribution in [0.1, 0.15) is 53.6 Å². The van der Waals surface area contributed by atoms with E-state index in [0.29, 0.717) is 12.8 Å². The van der Waals surface area contributed by atoms with Gasteiger partial charge >= 0.3 is 0 Å². The first-order chi connectivity index (χ1) is 25.5. The number of hydrogen-bond donors (Lipinski definition) is 0. The van der Waals surface area contributed by atoms with Crippen molar-refractivity contribution in [2.45, 2.75) is 24.7 Å². The van der Waals surface area contributed by atoms with Crippen molar-refractivity contribution in [3.63, 3.8) is 0 Å². The second-order valence-corrected chi connectivity index (χ2v) is 14.1. The molecule has 0 saturated carbocycles. The highest BCUT2D eigenvalue weighted by Crippen LogP contribution is 2.39. The van der Waals surface area contributed by atoms with Gasteiger partial charge in [0.2, 0.25) is 0 Å². The third-order valence-corrected chi connectivity index (χ3v) is 10.9. The van der Waals surface area contributed by atoms with Gasteiger partial charge < -0.3 is 18.9 Å². The second kappa shape index (κ2) is 17.5. The number of methoxy groups -OCH3 is 4. The first-order valence-electron chi connectivity index (χ1n) is 16.8. The lowest BCUT2D eigenvalue weighted by Gasteiger charge is -2.23. The Morgan fingerprint density at radius 1 is 0.481 bits per heavy atom. The van der Waals surface area contributed by atoms with Gasteiger partial charge in [-0.3, -0.25) is 4.79 Å². The van der Waals surface area contributed by atoms with Crippen LogP contribution in [0.4, 0.5) is 0 Å². The zero-order valence-corrected chi connectivity index (χ0v) is 31.1. The molecule has 4 aromatic carbocycles. The third-order valence-electron chi connectivity index (χ3n) is 8.72. The molecule has 52 heavy (non-hydrogen) atoms. The van der Waals surface area contributed by atoms with E-state index in [1.165, 1.54) is 0 Å². The zero-order chi connectivity index (χ0) is 36.3. The largest absolute Gasteiger partial charge is 0.496 e. The quantitative estimate of drug-likeness (QED) is 0.118. The van der Waals surface area contributed by atoms with Crippen LogP contribution in [-0.2, 0) is 17.6 Å². The van der Waals surface area contributed by atoms with Crippen molar-refractivity contribution < 1.29 is 23.7 Å². The summed E-state index contributed by atoms with van der Waals surface area (Å²) in [4.78, 5) is 18.8. The van der Waals surface area contributed by atoms with Gasteiger partial charge in [0.15, 0.2) is 0 Å². The first kappa shape index (κ1) is 36.1. The summed E-state index contributed by atoms with van der Waals surface area (Å²) in [5.74, 6) is 15.2. The summed E-state index contributed by atoms with van der Waals surface area (Å²) in [5, 5.41) is 0. The predicted octanol–water partition coefficient (Wildman–Crippen LogP) is 9.57. The minimum atomic E-state index is -0.465. The molecule has 0 bridgehead atoms. The van der Waals surface area contributed by atoms with Gasteiger partial charge in [-0.2, -0.15) is 0 Å². The van der Waals surface area contributed by atoms with Crippen molar-refractivity contribution >= 4 is 28.5 Å². The van der Waals surface area contributed by atoms with Crippen LogP contribution in [0.25, 0.3) is 0 Å². The molecule has 7 heteroatoms. The molecule has 0 aliphatic rings. The number of para-hydroxylation sites is 4. The fourth-order valence-corrected chi connectivity index (χ4v) is 8.02. The molecular formula is C45H38O5S2. The Hall–Kier alpha value is -5.73. The standard InChI is InChI=1S/C45H38O5S2/c1-47-39-17-9-5-13-31(39)21-23-35-25-27-43(51-35)37(29-33-15-7-11-19-41(33)49-3)45(46)38(30-34-16-8-12-20-42(34)50-4)44-28-26-36(52-44)24-22-32-14-6-10-18-40(32)48-2/h5-20,25-28,37-38H,29-30H2,1-4H3. The molecule has 0 fully saturated rings. The van der Waals surface area contributed by atoms with Crippen molar-refractivity contribution in [1.82, 2.24) is 0 Å². The Kier molecular flexibility index (Phi) is 12.1. The summed E-state index contributed by atoms with van der Waals surface area (Å²) >= 11 is 3.09. The molecule has 0 radical (unpaired) electrons. The van der Waals surface area contributed by atoms with Gasteiger partial charge in [0.25, 0.3) is 0 Å². The van der Waals surface area contributed by atoms with E-state index in [1.807, 2.05) is 121 Å². The van der Waals surface area contributed by atoms with Crippen LogP contribution >= 0.6 is 22.7 Å². The Morgan fingerprint density at radius 2 is 0.846 bits per heavy atom. The number of ether oxygens (including phenoxy) is 4. The molecule has 0 spiro atoms. The topological polar surface area (TPSA) is 54.0 Å². The van der Waals surface area contributed by atoms with E-state index in [0.717, 1.165) is 64.8 Å². The number of rotatable bonds is 12. The maximum Gasteiger partial charge on any atom is 0.150 e. The third kappa shape index (κ3) is 8.58. The Balaban J connectivity index is 1.41. The average molecular weight is 723 g/mol. The predicted molar refractivity (Wildman–Crippen MR) is 210 cm³/mol. The van der Waals surface area contributed by atoms with Gasteiger partial charge in [-0.05, 0) is 84.6 Å². The molecule has 2 unspecified atom stereocenters. The molecule has 0 saturated heterocycles. The molecule has 0 amide bonds. The van der Waals surface area contributed by atoms with Gasteiger partial charge in [0, 0.05) is 9.75 Å². The van der Waals surface area contributed by atoms with E-state index in [-0.39, 0.29) is 5.78 Å². The number of carbonyl (C=O) groups excluding carboxylic acids is 1. The lowest BCUT2D eigenvalue weighted by molar-refractivity contribution is -0.121. The van der Waals surface area contributed by atoms with Gasteiger partial charge in [0.1, 0.15) is 28.8 Å². The number of ketones is 1. The molecule has 2 aromatic heterocycles. The van der Waals surface area contributed by atoms with Gasteiger partial charge in [-0.25, -0.2) is 0 Å². The van der Waals surface area contributed by atoms with E-state index < -0.39 is 11.8 Å². The van der Waals surface area contributed by atoms with Crippen LogP contribution in [0.2, 0.25) is 0 Å². The normalized spacial score (nSPS) is 11.6. The summed E-state index contributed by atoms with van der Waals surface area (Å²) < 4.78 is 22.5. The summed E-state index contributed by atoms with van der Waals surface area (Å²) in [6.45, 7) is 0. The first-order valence-corrected chi connectivity index (χ1v) is 18.4. The molecule has 2 atom stereocenters. The van der Waals surface area contributed by atoms with Crippen molar-refractivity contribution in [1.29, 1.82) is 0 Å². The van der Waals surface area contributed by atoms with Crippen LogP contribution in [0.15, 0.2) is 121 Å². The van der Waals surface area contributed by atoms with E-state index in [9.17, 15) is 0 Å². The number of carbonyl (C=O) groups is 1. The van der Waals surface area contributed by atoms with Crippen molar-refractivity contribution in [2.75, 3.05) is 28.4 Å². The highest BCUT2D eigenvalue weighted by atomic mass is 32.1. The molecule has 260 valence electrons. The Morgan fingerprint density at radius 3 is 1.25 bits per heavy atom. The summed E-state index contributed by atoms with van der Waals surface area (Å²) in [7, 11) is 6.61. The van der Waals surface area contributed by atoms with Gasteiger partial charge in [-0.1, -0.05) is 84.3 Å². The van der Waals surface area contributed by atoms with Crippen molar-refractivity contribution in [2.24, 2.45) is 0 Å². The van der Waals surface area contributed by atoms with E-state index >= 15 is 4.79 Å². The van der Waals surface area contributed by atoms with Crippen molar-refractivity contribution in [3.05, 3.63) is 163 Å². The minimum Gasteiger partial charge on any atom is -0.496 e. The number of hydrogen-bond acceptors (Lipinski definition) is 7. The SMILES string of the molecule is COc1ccccc1C#Cc1ccc(C(Cc2ccccc2OC)C(=O)C(Cc2ccccc2OC)c2ccc(C#Cc3ccccc3OC)s2)s1. The van der Waals surface area contributed by atoms with Crippen LogP contribution in [0.3, 0.4) is 0 Å². The maximum absolute atomic E-state index is 15.2. The smallest absolute Gasteiger partial charge is 0.150 e. The average Bonchev–Trinajstić information content (AvgIpc) is 3.88. The van der Waals surface area contributed by atoms with Crippen molar-refractivity contribution in [3.8, 4) is 46.7 Å². The molecule has 0 N–H and O–H groups in total. The molecule has 0 aliphatic heterocycles. The van der Waals surface area contributed by atoms with Gasteiger partial charge in [-0.15, -0.1) is 22.7 Å². The fraction of sp³-hybridized carbons (Fsp3) is 0.178. The Labute approximate surface area is 313 Å². The lowest BCUT2D eigenvalue weighted by Crippen LogP contribution is -2.23. The maximum atomic E-state index is 15.2. The van der Waals surface area contributed by atoms with E-state index in [2.05, 4.69) is 23.7 Å². The molecule has 0 aliphatic carbocycles. The summed E-state index contributed by atoms with van der Waals surface area (Å²) in [5.41, 5.74) is 3.54. The number of benzene rings is 4. The van der Waals surface area contributed by atoms with E-state index in [1.54, 1.807) is 51.1 Å².